The maximum atomic E-state index is 13.6. The molecule has 178 valence electrons. The van der Waals surface area contributed by atoms with E-state index in [1.165, 1.54) is 52.9 Å². The van der Waals surface area contributed by atoms with Gasteiger partial charge in [-0.3, -0.25) is 19.5 Å². The van der Waals surface area contributed by atoms with Gasteiger partial charge in [0.25, 0.3) is 11.2 Å². The van der Waals surface area contributed by atoms with Crippen LogP contribution in [0.2, 0.25) is 0 Å². The molecular formula is C25H22FN5O4. The highest BCUT2D eigenvalue weighted by Gasteiger charge is 2.25. The summed E-state index contributed by atoms with van der Waals surface area (Å²) in [7, 11) is 1.53. The quantitative estimate of drug-likeness (QED) is 0.324. The molecular weight excluding hydrogens is 453 g/mol. The molecule has 2 amide bonds. The van der Waals surface area contributed by atoms with E-state index in [1.807, 2.05) is 0 Å². The highest BCUT2D eigenvalue weighted by Crippen LogP contribution is 2.27. The molecule has 9 nitrogen and oxygen atoms in total. The summed E-state index contributed by atoms with van der Waals surface area (Å²) >= 11 is 0. The highest BCUT2D eigenvalue weighted by molar-refractivity contribution is 5.91. The van der Waals surface area contributed by atoms with Crippen LogP contribution in [0.4, 0.5) is 20.6 Å². The molecule has 10 heteroatoms. The van der Waals surface area contributed by atoms with Crippen molar-refractivity contribution >= 4 is 28.3 Å². The largest absolute Gasteiger partial charge is 0.322 e. The molecule has 0 bridgehead atoms. The fourth-order valence-electron chi connectivity index (χ4n) is 3.78. The first kappa shape index (κ1) is 23.6. The molecule has 4 aromatic rings. The van der Waals surface area contributed by atoms with Crippen molar-refractivity contribution in [2.75, 3.05) is 12.4 Å². The Balaban J connectivity index is 1.76. The van der Waals surface area contributed by atoms with Crippen molar-refractivity contribution < 1.29 is 14.1 Å². The average molecular weight is 475 g/mol. The van der Waals surface area contributed by atoms with Crippen LogP contribution in [0, 0.1) is 22.9 Å². The Bertz CT molecular complexity index is 1500. The lowest BCUT2D eigenvalue weighted by Gasteiger charge is -2.27. The summed E-state index contributed by atoms with van der Waals surface area (Å²) in [5.41, 5.74) is 1.01. The number of aromatic nitrogens is 2. The van der Waals surface area contributed by atoms with E-state index in [4.69, 9.17) is 0 Å². The fraction of sp³-hybridized carbons (Fsp3) is 0.160. The van der Waals surface area contributed by atoms with Crippen molar-refractivity contribution in [1.29, 1.82) is 0 Å². The Morgan fingerprint density at radius 2 is 1.80 bits per heavy atom. The molecule has 0 aliphatic carbocycles. The normalized spacial score (nSPS) is 11.8. The molecule has 0 aliphatic rings. The second-order valence-electron chi connectivity index (χ2n) is 8.03. The fourth-order valence-corrected chi connectivity index (χ4v) is 3.78. The maximum absolute atomic E-state index is 13.6. The number of nitro benzene ring substituents is 1. The first-order valence-electron chi connectivity index (χ1n) is 10.7. The van der Waals surface area contributed by atoms with Gasteiger partial charge in [-0.25, -0.2) is 14.2 Å². The lowest BCUT2D eigenvalue weighted by molar-refractivity contribution is -0.385. The number of carbonyl (C=O) groups excluding carboxylic acids is 1. The number of rotatable bonds is 5. The van der Waals surface area contributed by atoms with Crippen molar-refractivity contribution in [3.8, 4) is 5.69 Å². The second-order valence-corrected chi connectivity index (χ2v) is 8.03. The number of fused-ring (bicyclic) bond motifs is 1. The molecule has 0 saturated carbocycles. The lowest BCUT2D eigenvalue weighted by atomic mass is 10.1. The zero-order chi connectivity index (χ0) is 25.3. The molecule has 4 rings (SSSR count). The van der Waals surface area contributed by atoms with Crippen LogP contribution < -0.4 is 10.9 Å². The second kappa shape index (κ2) is 9.34. The van der Waals surface area contributed by atoms with Gasteiger partial charge in [0.1, 0.15) is 11.6 Å². The summed E-state index contributed by atoms with van der Waals surface area (Å²) < 4.78 is 14.9. The molecule has 0 radical (unpaired) electrons. The molecule has 0 saturated heterocycles. The number of halogens is 1. The van der Waals surface area contributed by atoms with Gasteiger partial charge in [-0.05, 0) is 56.3 Å². The Kier molecular flexibility index (Phi) is 6.28. The summed E-state index contributed by atoms with van der Waals surface area (Å²) in [5, 5.41) is 14.3. The number of urea groups is 1. The van der Waals surface area contributed by atoms with Crippen LogP contribution in [0.1, 0.15) is 24.4 Å². The Morgan fingerprint density at radius 1 is 1.11 bits per heavy atom. The van der Waals surface area contributed by atoms with E-state index in [9.17, 15) is 24.1 Å². The van der Waals surface area contributed by atoms with Gasteiger partial charge >= 0.3 is 6.03 Å². The average Bonchev–Trinajstić information content (AvgIpc) is 2.85. The number of nitrogens with one attached hydrogen (secondary N) is 1. The summed E-state index contributed by atoms with van der Waals surface area (Å²) in [6.07, 6.45) is 0. The molecule has 3 aromatic carbocycles. The van der Waals surface area contributed by atoms with Crippen LogP contribution in [0.25, 0.3) is 16.6 Å². The highest BCUT2D eigenvalue weighted by atomic mass is 19.1. The predicted molar refractivity (Wildman–Crippen MR) is 130 cm³/mol. The van der Waals surface area contributed by atoms with E-state index in [1.54, 1.807) is 44.2 Å². The Hall–Kier alpha value is -4.60. The van der Waals surface area contributed by atoms with E-state index in [0.717, 1.165) is 0 Å². The van der Waals surface area contributed by atoms with Crippen molar-refractivity contribution in [2.24, 2.45) is 0 Å². The molecule has 0 spiro atoms. The zero-order valence-corrected chi connectivity index (χ0v) is 19.2. The van der Waals surface area contributed by atoms with Crippen molar-refractivity contribution in [2.45, 2.75) is 19.9 Å². The van der Waals surface area contributed by atoms with Crippen LogP contribution in [0.15, 0.2) is 71.5 Å². The van der Waals surface area contributed by atoms with Crippen LogP contribution in [-0.4, -0.2) is 32.5 Å². The van der Waals surface area contributed by atoms with E-state index >= 15 is 0 Å². The van der Waals surface area contributed by atoms with Crippen molar-refractivity contribution in [3.63, 3.8) is 0 Å². The molecule has 0 fully saturated rings. The van der Waals surface area contributed by atoms with E-state index in [2.05, 4.69) is 10.3 Å². The number of nitrogens with zero attached hydrogens (tertiary/aromatic N) is 4. The monoisotopic (exact) mass is 475 g/mol. The van der Waals surface area contributed by atoms with Gasteiger partial charge in [0.2, 0.25) is 0 Å². The maximum Gasteiger partial charge on any atom is 0.322 e. The third kappa shape index (κ3) is 4.45. The van der Waals surface area contributed by atoms with Crippen LogP contribution in [0.5, 0.6) is 0 Å². The Labute approximate surface area is 199 Å². The third-order valence-corrected chi connectivity index (χ3v) is 5.90. The minimum Gasteiger partial charge on any atom is -0.318 e. The Morgan fingerprint density at radius 3 is 2.49 bits per heavy atom. The van der Waals surface area contributed by atoms with E-state index in [0.29, 0.717) is 27.8 Å². The number of amides is 2. The summed E-state index contributed by atoms with van der Waals surface area (Å²) in [6, 6.07) is 15.4. The summed E-state index contributed by atoms with van der Waals surface area (Å²) in [5.74, 6) is -0.178. The van der Waals surface area contributed by atoms with Gasteiger partial charge < -0.3 is 10.2 Å². The van der Waals surface area contributed by atoms with Crippen molar-refractivity contribution in [3.05, 3.63) is 104 Å². The summed E-state index contributed by atoms with van der Waals surface area (Å²) in [6.45, 7) is 3.25. The smallest absolute Gasteiger partial charge is 0.318 e. The first-order valence-corrected chi connectivity index (χ1v) is 10.7. The van der Waals surface area contributed by atoms with E-state index in [-0.39, 0.29) is 17.1 Å². The van der Waals surface area contributed by atoms with Gasteiger partial charge in [0, 0.05) is 13.1 Å². The first-order chi connectivity index (χ1) is 16.7. The molecule has 35 heavy (non-hydrogen) atoms. The van der Waals surface area contributed by atoms with Crippen LogP contribution >= 0.6 is 0 Å². The zero-order valence-electron chi connectivity index (χ0n) is 19.2. The number of hydrogen-bond acceptors (Lipinski definition) is 5. The number of anilines is 1. The molecule has 1 unspecified atom stereocenters. The number of carbonyl (C=O) groups is 1. The SMILES string of the molecule is Cc1c(NC(=O)N(C)C(C)c2nc3ccccc3c(=O)n2-c2ccc(F)cc2)cccc1[N+](=O)[O-]. The molecule has 1 heterocycles. The number of benzene rings is 3. The van der Waals surface area contributed by atoms with Gasteiger partial charge in [-0.15, -0.1) is 0 Å². The van der Waals surface area contributed by atoms with Crippen LogP contribution in [-0.2, 0) is 0 Å². The lowest BCUT2D eigenvalue weighted by Crippen LogP contribution is -2.37. The molecule has 0 aliphatic heterocycles. The van der Waals surface area contributed by atoms with E-state index < -0.39 is 22.8 Å². The summed E-state index contributed by atoms with van der Waals surface area (Å²) in [4.78, 5) is 43.2. The topological polar surface area (TPSA) is 110 Å². The number of hydrogen-bond donors (Lipinski definition) is 1. The van der Waals surface area contributed by atoms with Gasteiger partial charge in [0.05, 0.1) is 38.8 Å². The van der Waals surface area contributed by atoms with Crippen LogP contribution in [0.3, 0.4) is 0 Å². The van der Waals surface area contributed by atoms with Gasteiger partial charge in [0.15, 0.2) is 0 Å². The number of para-hydroxylation sites is 1. The standard InChI is InChI=1S/C25H22FN5O4/c1-15-20(9-6-10-22(15)31(34)35)28-25(33)29(3)16(2)23-27-21-8-5-4-7-19(21)24(32)30(23)18-13-11-17(26)12-14-18/h4-14,16H,1-3H3,(H,28,33). The molecule has 1 atom stereocenters. The third-order valence-electron chi connectivity index (χ3n) is 5.90. The van der Waals surface area contributed by atoms with Gasteiger partial charge in [-0.2, -0.15) is 0 Å². The number of nitro groups is 1. The van der Waals surface area contributed by atoms with Gasteiger partial charge in [-0.1, -0.05) is 18.2 Å². The minimum atomic E-state index is -0.698. The van der Waals surface area contributed by atoms with Crippen molar-refractivity contribution in [1.82, 2.24) is 14.5 Å². The molecule has 1 aromatic heterocycles. The predicted octanol–water partition coefficient (Wildman–Crippen LogP) is 4.97. The molecule has 1 N–H and O–H groups in total. The minimum absolute atomic E-state index is 0.111.